The van der Waals surface area contributed by atoms with Crippen molar-refractivity contribution in [2.45, 2.75) is 32.2 Å². The summed E-state index contributed by atoms with van der Waals surface area (Å²) in [6.07, 6.45) is 2.06. The maximum absolute atomic E-state index is 5.53. The quantitative estimate of drug-likeness (QED) is 0.753. The van der Waals surface area contributed by atoms with Gasteiger partial charge in [-0.3, -0.25) is 4.68 Å². The molecule has 0 aliphatic heterocycles. The van der Waals surface area contributed by atoms with Crippen LogP contribution in [-0.2, 0) is 26.4 Å². The number of aryl methyl sites for hydroxylation is 2. The van der Waals surface area contributed by atoms with Crippen LogP contribution in [0.25, 0.3) is 11.2 Å². The zero-order valence-electron chi connectivity index (χ0n) is 12.3. The fraction of sp³-hybridized carbons (Fsp3) is 0.375. The SMILES string of the molecule is CCc1nn(C)c2c1[nH]c(=S)n2CC1Cc2ccccc21. The highest BCUT2D eigenvalue weighted by Gasteiger charge is 2.27. The molecule has 0 radical (unpaired) electrons. The second kappa shape index (κ2) is 4.56. The first-order chi connectivity index (χ1) is 10.2. The Hall–Kier alpha value is -1.88. The van der Waals surface area contributed by atoms with Crippen LogP contribution < -0.4 is 0 Å². The van der Waals surface area contributed by atoms with Gasteiger partial charge < -0.3 is 9.55 Å². The molecule has 21 heavy (non-hydrogen) atoms. The Bertz CT molecular complexity index is 883. The molecule has 2 heterocycles. The van der Waals surface area contributed by atoms with E-state index in [-0.39, 0.29) is 0 Å². The van der Waals surface area contributed by atoms with Crippen LogP contribution in [0, 0.1) is 4.77 Å². The molecule has 1 N–H and O–H groups in total. The van der Waals surface area contributed by atoms with Crippen molar-refractivity contribution in [3.8, 4) is 0 Å². The van der Waals surface area contributed by atoms with Gasteiger partial charge >= 0.3 is 0 Å². The van der Waals surface area contributed by atoms with Crippen LogP contribution in [0.4, 0.5) is 0 Å². The molecular weight excluding hydrogens is 280 g/mol. The van der Waals surface area contributed by atoms with E-state index in [1.54, 1.807) is 0 Å². The topological polar surface area (TPSA) is 38.5 Å². The Balaban J connectivity index is 1.77. The Morgan fingerprint density at radius 3 is 2.95 bits per heavy atom. The Morgan fingerprint density at radius 2 is 2.19 bits per heavy atom. The lowest BCUT2D eigenvalue weighted by molar-refractivity contribution is 0.506. The largest absolute Gasteiger partial charge is 0.328 e. The maximum atomic E-state index is 5.53. The third-order valence-electron chi connectivity index (χ3n) is 4.52. The van der Waals surface area contributed by atoms with E-state index in [0.29, 0.717) is 5.92 Å². The van der Waals surface area contributed by atoms with Crippen molar-refractivity contribution < 1.29 is 0 Å². The number of nitrogens with zero attached hydrogens (tertiary/aromatic N) is 3. The molecular formula is C16H18N4S. The molecule has 108 valence electrons. The molecule has 0 bridgehead atoms. The van der Waals surface area contributed by atoms with Gasteiger partial charge in [-0.1, -0.05) is 31.2 Å². The van der Waals surface area contributed by atoms with Crippen molar-refractivity contribution in [3.05, 3.63) is 45.9 Å². The van der Waals surface area contributed by atoms with Crippen molar-refractivity contribution in [1.29, 1.82) is 0 Å². The van der Waals surface area contributed by atoms with Crippen LogP contribution in [0.15, 0.2) is 24.3 Å². The van der Waals surface area contributed by atoms with E-state index in [1.165, 1.54) is 11.1 Å². The van der Waals surface area contributed by atoms with Gasteiger partial charge in [0, 0.05) is 19.5 Å². The summed E-state index contributed by atoms with van der Waals surface area (Å²) < 4.78 is 4.96. The standard InChI is InChI=1S/C16H18N4S/c1-3-13-14-15(19(2)18-13)20(16(21)17-14)9-11-8-10-6-4-5-7-12(10)11/h4-7,11H,3,8-9H2,1-2H3,(H,17,21). The van der Waals surface area contributed by atoms with Gasteiger partial charge in [0.2, 0.25) is 0 Å². The molecule has 0 saturated heterocycles. The van der Waals surface area contributed by atoms with Gasteiger partial charge in [0.1, 0.15) is 5.52 Å². The third-order valence-corrected chi connectivity index (χ3v) is 4.84. The molecule has 0 fully saturated rings. The number of H-pyrrole nitrogens is 1. The molecule has 3 aromatic rings. The summed E-state index contributed by atoms with van der Waals surface area (Å²) in [4.78, 5) is 3.34. The summed E-state index contributed by atoms with van der Waals surface area (Å²) in [5.41, 5.74) is 6.23. The molecule has 1 unspecified atom stereocenters. The summed E-state index contributed by atoms with van der Waals surface area (Å²) in [5.74, 6) is 0.562. The zero-order valence-corrected chi connectivity index (χ0v) is 13.1. The predicted molar refractivity (Wildman–Crippen MR) is 86.2 cm³/mol. The minimum atomic E-state index is 0.562. The van der Waals surface area contributed by atoms with Crippen LogP contribution in [0.1, 0.15) is 29.7 Å². The van der Waals surface area contributed by atoms with Gasteiger partial charge in [-0.05, 0) is 36.2 Å². The lowest BCUT2D eigenvalue weighted by atomic mass is 9.77. The second-order valence-electron chi connectivity index (χ2n) is 5.76. The maximum Gasteiger partial charge on any atom is 0.179 e. The fourth-order valence-corrected chi connectivity index (χ4v) is 3.70. The molecule has 1 aliphatic rings. The number of imidazole rings is 1. The monoisotopic (exact) mass is 298 g/mol. The van der Waals surface area contributed by atoms with Gasteiger partial charge in [0.15, 0.2) is 10.4 Å². The lowest BCUT2D eigenvalue weighted by Crippen LogP contribution is -2.22. The fourth-order valence-electron chi connectivity index (χ4n) is 3.44. The molecule has 5 heteroatoms. The van der Waals surface area contributed by atoms with Crippen molar-refractivity contribution in [3.63, 3.8) is 0 Å². The molecule has 4 nitrogen and oxygen atoms in total. The van der Waals surface area contributed by atoms with Crippen LogP contribution in [0.2, 0.25) is 0 Å². The van der Waals surface area contributed by atoms with E-state index in [0.717, 1.165) is 41.0 Å². The smallest absolute Gasteiger partial charge is 0.179 e. The Kier molecular flexibility index (Phi) is 2.79. The van der Waals surface area contributed by atoms with Gasteiger partial charge in [0.25, 0.3) is 0 Å². The van der Waals surface area contributed by atoms with Gasteiger partial charge in [-0.2, -0.15) is 5.10 Å². The van der Waals surface area contributed by atoms with Crippen molar-refractivity contribution in [2.75, 3.05) is 0 Å². The molecule has 1 aromatic carbocycles. The average Bonchev–Trinajstić information content (AvgIpc) is 2.94. The van der Waals surface area contributed by atoms with Crippen LogP contribution >= 0.6 is 12.2 Å². The highest BCUT2D eigenvalue weighted by molar-refractivity contribution is 7.71. The normalized spacial score (nSPS) is 17.0. The van der Waals surface area contributed by atoms with Crippen molar-refractivity contribution >= 4 is 23.4 Å². The number of aromatic nitrogens is 4. The number of rotatable bonds is 3. The van der Waals surface area contributed by atoms with Crippen molar-refractivity contribution in [1.82, 2.24) is 19.3 Å². The van der Waals surface area contributed by atoms with Crippen molar-refractivity contribution in [2.24, 2.45) is 7.05 Å². The third kappa shape index (κ3) is 1.80. The number of hydrogen-bond donors (Lipinski definition) is 1. The van der Waals surface area contributed by atoms with Gasteiger partial charge in [0.05, 0.1) is 5.69 Å². The molecule has 0 amide bonds. The summed E-state index contributed by atoms with van der Waals surface area (Å²) in [6.45, 7) is 3.05. The van der Waals surface area contributed by atoms with E-state index in [4.69, 9.17) is 12.2 Å². The van der Waals surface area contributed by atoms with E-state index >= 15 is 0 Å². The molecule has 1 atom stereocenters. The number of hydrogen-bond acceptors (Lipinski definition) is 2. The molecule has 0 spiro atoms. The molecule has 4 rings (SSSR count). The Morgan fingerprint density at radius 1 is 1.38 bits per heavy atom. The highest BCUT2D eigenvalue weighted by atomic mass is 32.1. The van der Waals surface area contributed by atoms with E-state index < -0.39 is 0 Å². The van der Waals surface area contributed by atoms with Crippen LogP contribution in [0.3, 0.4) is 0 Å². The first-order valence-corrected chi connectivity index (χ1v) is 7.82. The van der Waals surface area contributed by atoms with E-state index in [2.05, 4.69) is 45.8 Å². The first kappa shape index (κ1) is 12.8. The summed E-state index contributed by atoms with van der Waals surface area (Å²) in [7, 11) is 2.00. The van der Waals surface area contributed by atoms with Gasteiger partial charge in [-0.15, -0.1) is 0 Å². The summed E-state index contributed by atoms with van der Waals surface area (Å²) in [5, 5.41) is 4.58. The predicted octanol–water partition coefficient (Wildman–Crippen LogP) is 3.33. The minimum Gasteiger partial charge on any atom is -0.328 e. The molecule has 2 aromatic heterocycles. The van der Waals surface area contributed by atoms with E-state index in [9.17, 15) is 0 Å². The summed E-state index contributed by atoms with van der Waals surface area (Å²) in [6, 6.07) is 8.69. The number of benzene rings is 1. The highest BCUT2D eigenvalue weighted by Crippen LogP contribution is 2.36. The van der Waals surface area contributed by atoms with E-state index in [1.807, 2.05) is 11.7 Å². The van der Waals surface area contributed by atoms with Crippen LogP contribution in [0.5, 0.6) is 0 Å². The first-order valence-electron chi connectivity index (χ1n) is 7.41. The van der Waals surface area contributed by atoms with Crippen LogP contribution in [-0.4, -0.2) is 19.3 Å². The zero-order chi connectivity index (χ0) is 14.6. The molecule has 1 aliphatic carbocycles. The number of fused-ring (bicyclic) bond motifs is 2. The second-order valence-corrected chi connectivity index (χ2v) is 6.15. The molecule has 0 saturated carbocycles. The number of aromatic amines is 1. The average molecular weight is 298 g/mol. The minimum absolute atomic E-state index is 0.562. The Labute approximate surface area is 128 Å². The summed E-state index contributed by atoms with van der Waals surface area (Å²) >= 11 is 5.53. The number of nitrogens with one attached hydrogen (secondary N) is 1. The van der Waals surface area contributed by atoms with Gasteiger partial charge in [-0.25, -0.2) is 0 Å². The lowest BCUT2D eigenvalue weighted by Gasteiger charge is -2.30.